The highest BCUT2D eigenvalue weighted by Gasteiger charge is 2.37. The maximum absolute atomic E-state index is 13.1. The van der Waals surface area contributed by atoms with E-state index in [1.54, 1.807) is 14.0 Å². The predicted octanol–water partition coefficient (Wildman–Crippen LogP) is 1.84. The van der Waals surface area contributed by atoms with Crippen molar-refractivity contribution in [2.75, 3.05) is 36.9 Å². The molecule has 2 N–H and O–H groups in total. The zero-order chi connectivity index (χ0) is 21.3. The summed E-state index contributed by atoms with van der Waals surface area (Å²) in [5.74, 6) is -1.03. The monoisotopic (exact) mass is 412 g/mol. The van der Waals surface area contributed by atoms with Gasteiger partial charge in [0.15, 0.2) is 0 Å². The molecule has 10 heteroatoms. The summed E-state index contributed by atoms with van der Waals surface area (Å²) in [4.78, 5) is 40.0. The normalized spacial score (nSPS) is 19.3. The Morgan fingerprint density at radius 3 is 2.48 bits per heavy atom. The number of carbonyl (C=O) groups is 3. The lowest BCUT2D eigenvalue weighted by Gasteiger charge is -2.38. The van der Waals surface area contributed by atoms with Crippen LogP contribution < -0.4 is 15.5 Å². The van der Waals surface area contributed by atoms with E-state index in [4.69, 9.17) is 0 Å². The summed E-state index contributed by atoms with van der Waals surface area (Å²) in [6.07, 6.45) is -3.32. The van der Waals surface area contributed by atoms with Crippen molar-refractivity contribution >= 4 is 29.1 Å². The molecule has 2 aliphatic heterocycles. The average molecular weight is 412 g/mol. The van der Waals surface area contributed by atoms with Gasteiger partial charge < -0.3 is 10.6 Å². The van der Waals surface area contributed by atoms with Crippen molar-refractivity contribution < 1.29 is 27.6 Å². The maximum atomic E-state index is 13.1. The fourth-order valence-electron chi connectivity index (χ4n) is 3.80. The van der Waals surface area contributed by atoms with Crippen LogP contribution in [-0.4, -0.2) is 55.3 Å². The zero-order valence-corrected chi connectivity index (χ0v) is 16.2. The highest BCUT2D eigenvalue weighted by Crippen LogP contribution is 2.37. The Morgan fingerprint density at radius 2 is 1.90 bits per heavy atom. The summed E-state index contributed by atoms with van der Waals surface area (Å²) >= 11 is 0. The first kappa shape index (κ1) is 21.1. The van der Waals surface area contributed by atoms with E-state index in [2.05, 4.69) is 10.6 Å². The Labute approximate surface area is 166 Å². The van der Waals surface area contributed by atoms with E-state index in [1.165, 1.54) is 11.0 Å². The van der Waals surface area contributed by atoms with E-state index in [-0.39, 0.29) is 35.7 Å². The van der Waals surface area contributed by atoms with Gasteiger partial charge in [-0.2, -0.15) is 13.2 Å². The van der Waals surface area contributed by atoms with E-state index in [0.717, 1.165) is 12.1 Å². The van der Waals surface area contributed by atoms with Crippen LogP contribution in [0.25, 0.3) is 0 Å². The van der Waals surface area contributed by atoms with Crippen molar-refractivity contribution in [1.29, 1.82) is 0 Å². The SMILES string of the molecule is CNC(=O)C1CCN(C(C)C(=O)N2CC(=O)Nc3cc(C(F)(F)F)ccc32)CC1. The first-order valence-electron chi connectivity index (χ1n) is 9.40. The van der Waals surface area contributed by atoms with Gasteiger partial charge in [0, 0.05) is 13.0 Å². The largest absolute Gasteiger partial charge is 0.416 e. The van der Waals surface area contributed by atoms with Gasteiger partial charge in [-0.05, 0) is 51.1 Å². The van der Waals surface area contributed by atoms with E-state index in [1.807, 2.05) is 4.90 Å². The number of alkyl halides is 3. The molecule has 29 heavy (non-hydrogen) atoms. The molecule has 0 bridgehead atoms. The van der Waals surface area contributed by atoms with Crippen molar-refractivity contribution in [3.8, 4) is 0 Å². The van der Waals surface area contributed by atoms with E-state index in [0.29, 0.717) is 25.9 Å². The van der Waals surface area contributed by atoms with Gasteiger partial charge in [-0.1, -0.05) is 0 Å². The Bertz CT molecular complexity index is 819. The Balaban J connectivity index is 1.76. The lowest BCUT2D eigenvalue weighted by molar-refractivity contribution is -0.137. The van der Waals surface area contributed by atoms with Crippen LogP contribution in [0.1, 0.15) is 25.3 Å². The minimum absolute atomic E-state index is 0.0225. The van der Waals surface area contributed by atoms with Gasteiger partial charge in [0.2, 0.25) is 17.7 Å². The van der Waals surface area contributed by atoms with Gasteiger partial charge in [-0.3, -0.25) is 24.2 Å². The molecule has 3 rings (SSSR count). The van der Waals surface area contributed by atoms with Gasteiger partial charge in [0.05, 0.1) is 23.0 Å². The molecular formula is C19H23F3N4O3. The van der Waals surface area contributed by atoms with Crippen LogP contribution >= 0.6 is 0 Å². The summed E-state index contributed by atoms with van der Waals surface area (Å²) in [5.41, 5.74) is -0.681. The molecule has 1 unspecified atom stereocenters. The van der Waals surface area contributed by atoms with Crippen molar-refractivity contribution in [3.05, 3.63) is 23.8 Å². The number of anilines is 2. The van der Waals surface area contributed by atoms with Crippen molar-refractivity contribution in [2.24, 2.45) is 5.92 Å². The number of piperidine rings is 1. The number of carbonyl (C=O) groups excluding carboxylic acids is 3. The second-order valence-electron chi connectivity index (χ2n) is 7.30. The molecular weight excluding hydrogens is 389 g/mol. The second kappa shape index (κ2) is 8.02. The van der Waals surface area contributed by atoms with Gasteiger partial charge in [0.1, 0.15) is 6.54 Å². The Morgan fingerprint density at radius 1 is 1.24 bits per heavy atom. The van der Waals surface area contributed by atoms with E-state index >= 15 is 0 Å². The molecule has 0 radical (unpaired) electrons. The summed E-state index contributed by atoms with van der Waals surface area (Å²) in [6, 6.07) is 2.38. The first-order chi connectivity index (χ1) is 13.6. The molecule has 158 valence electrons. The number of hydrogen-bond donors (Lipinski definition) is 2. The van der Waals surface area contributed by atoms with Crippen molar-refractivity contribution in [1.82, 2.24) is 10.2 Å². The number of rotatable bonds is 3. The van der Waals surface area contributed by atoms with Gasteiger partial charge in [0.25, 0.3) is 0 Å². The summed E-state index contributed by atoms with van der Waals surface area (Å²) in [5, 5.41) is 5.04. The molecule has 0 aromatic heterocycles. The van der Waals surface area contributed by atoms with Crippen LogP contribution in [0.5, 0.6) is 0 Å². The number of benzene rings is 1. The third-order valence-electron chi connectivity index (χ3n) is 5.51. The van der Waals surface area contributed by atoms with Crippen molar-refractivity contribution in [2.45, 2.75) is 32.0 Å². The molecule has 1 aromatic rings. The zero-order valence-electron chi connectivity index (χ0n) is 16.2. The van der Waals surface area contributed by atoms with Crippen LogP contribution in [0.15, 0.2) is 18.2 Å². The summed E-state index contributed by atoms with van der Waals surface area (Å²) < 4.78 is 38.9. The smallest absolute Gasteiger partial charge is 0.359 e. The van der Waals surface area contributed by atoms with Gasteiger partial charge in [-0.15, -0.1) is 0 Å². The molecule has 7 nitrogen and oxygen atoms in total. The number of nitrogens with zero attached hydrogens (tertiary/aromatic N) is 2. The third kappa shape index (κ3) is 4.36. The Kier molecular flexibility index (Phi) is 5.83. The van der Waals surface area contributed by atoms with Crippen LogP contribution in [0.4, 0.5) is 24.5 Å². The molecule has 1 aromatic carbocycles. The molecule has 0 saturated carbocycles. The van der Waals surface area contributed by atoms with Crippen LogP contribution in [-0.2, 0) is 20.6 Å². The first-order valence-corrected chi connectivity index (χ1v) is 9.40. The van der Waals surface area contributed by atoms with Crippen LogP contribution in [0.3, 0.4) is 0 Å². The number of nitrogens with one attached hydrogen (secondary N) is 2. The lowest BCUT2D eigenvalue weighted by atomic mass is 9.95. The molecule has 2 aliphatic rings. The van der Waals surface area contributed by atoms with Crippen molar-refractivity contribution in [3.63, 3.8) is 0 Å². The molecule has 1 saturated heterocycles. The molecule has 3 amide bonds. The second-order valence-corrected chi connectivity index (χ2v) is 7.30. The maximum Gasteiger partial charge on any atom is 0.416 e. The fourth-order valence-corrected chi connectivity index (χ4v) is 3.80. The van der Waals surface area contributed by atoms with Crippen LogP contribution in [0.2, 0.25) is 0 Å². The molecule has 1 fully saturated rings. The number of fused-ring (bicyclic) bond motifs is 1. The summed E-state index contributed by atoms with van der Waals surface area (Å²) in [7, 11) is 1.59. The van der Waals surface area contributed by atoms with E-state index < -0.39 is 23.7 Å². The van der Waals surface area contributed by atoms with E-state index in [9.17, 15) is 27.6 Å². The van der Waals surface area contributed by atoms with Crippen LogP contribution in [0, 0.1) is 5.92 Å². The predicted molar refractivity (Wildman–Crippen MR) is 100 cm³/mol. The topological polar surface area (TPSA) is 81.8 Å². The Hall–Kier alpha value is -2.62. The number of halogens is 3. The quantitative estimate of drug-likeness (QED) is 0.794. The number of likely N-dealkylation sites (tertiary alicyclic amines) is 1. The molecule has 1 atom stereocenters. The number of hydrogen-bond acceptors (Lipinski definition) is 4. The fraction of sp³-hybridized carbons (Fsp3) is 0.526. The highest BCUT2D eigenvalue weighted by atomic mass is 19.4. The number of amides is 3. The molecule has 0 aliphatic carbocycles. The standard InChI is InChI=1S/C19H23F3N4O3/c1-11(25-7-5-12(6-8-25)17(28)23-2)18(29)26-10-16(27)24-14-9-13(19(20,21)22)3-4-15(14)26/h3-4,9,11-12H,5-8,10H2,1-2H3,(H,23,28)(H,24,27). The minimum Gasteiger partial charge on any atom is -0.359 e. The average Bonchev–Trinajstić information content (AvgIpc) is 2.70. The highest BCUT2D eigenvalue weighted by molar-refractivity contribution is 6.11. The molecule has 0 spiro atoms. The minimum atomic E-state index is -4.55. The third-order valence-corrected chi connectivity index (χ3v) is 5.51. The lowest BCUT2D eigenvalue weighted by Crippen LogP contribution is -2.53. The van der Waals surface area contributed by atoms with Gasteiger partial charge >= 0.3 is 6.18 Å². The molecule has 2 heterocycles. The van der Waals surface area contributed by atoms with Gasteiger partial charge in [-0.25, -0.2) is 0 Å². The summed E-state index contributed by atoms with van der Waals surface area (Å²) in [6.45, 7) is 2.55.